The van der Waals surface area contributed by atoms with Crippen LogP contribution in [-0.4, -0.2) is 83.3 Å². The van der Waals surface area contributed by atoms with Crippen molar-refractivity contribution in [1.82, 2.24) is 20.7 Å². The van der Waals surface area contributed by atoms with Gasteiger partial charge >= 0.3 is 18.0 Å². The van der Waals surface area contributed by atoms with E-state index in [1.54, 1.807) is 27.7 Å². The highest BCUT2D eigenvalue weighted by Crippen LogP contribution is 2.27. The highest BCUT2D eigenvalue weighted by atomic mass is 16.6. The minimum absolute atomic E-state index is 0.0888. The number of hydrogen-bond acceptors (Lipinski definition) is 9. The van der Waals surface area contributed by atoms with E-state index in [9.17, 15) is 24.0 Å². The lowest BCUT2D eigenvalue weighted by Gasteiger charge is -2.43. The van der Waals surface area contributed by atoms with Crippen molar-refractivity contribution < 1.29 is 38.2 Å². The van der Waals surface area contributed by atoms with E-state index >= 15 is 0 Å². The Labute approximate surface area is 247 Å². The summed E-state index contributed by atoms with van der Waals surface area (Å²) in [6.45, 7) is 7.97. The molecule has 12 heteroatoms. The van der Waals surface area contributed by atoms with Crippen LogP contribution in [0.3, 0.4) is 0 Å². The lowest BCUT2D eigenvalue weighted by atomic mass is 10.0. The quantitative estimate of drug-likeness (QED) is 0.214. The maximum atomic E-state index is 13.8. The first-order valence-electron chi connectivity index (χ1n) is 14.7. The first-order chi connectivity index (χ1) is 20.0. The first-order valence-corrected chi connectivity index (χ1v) is 14.7. The predicted molar refractivity (Wildman–Crippen MR) is 152 cm³/mol. The molecule has 2 aliphatic rings. The fourth-order valence-corrected chi connectivity index (χ4v) is 4.97. The maximum Gasteiger partial charge on any atom is 0.407 e. The van der Waals surface area contributed by atoms with Crippen molar-refractivity contribution in [2.75, 3.05) is 19.7 Å². The minimum atomic E-state index is -0.925. The number of benzene rings is 1. The number of unbranched alkanes of at least 4 members (excludes halogenated alkanes) is 1. The summed E-state index contributed by atoms with van der Waals surface area (Å²) in [6.07, 6.45) is 2.13. The summed E-state index contributed by atoms with van der Waals surface area (Å²) in [7, 11) is 0. The van der Waals surface area contributed by atoms with Gasteiger partial charge < -0.3 is 19.5 Å². The number of hydrogen-bond donors (Lipinski definition) is 2. The molecule has 42 heavy (non-hydrogen) atoms. The molecule has 2 N–H and O–H groups in total. The Morgan fingerprint density at radius 3 is 2.48 bits per heavy atom. The van der Waals surface area contributed by atoms with Crippen LogP contribution in [-0.2, 0) is 40.0 Å². The molecule has 0 saturated carbocycles. The summed E-state index contributed by atoms with van der Waals surface area (Å²) in [5, 5.41) is 8.41. The monoisotopic (exact) mass is 588 g/mol. The van der Waals surface area contributed by atoms with Crippen LogP contribution in [0.4, 0.5) is 4.79 Å². The van der Waals surface area contributed by atoms with Crippen LogP contribution in [0.2, 0.25) is 0 Å². The van der Waals surface area contributed by atoms with E-state index in [2.05, 4.69) is 10.6 Å². The molecule has 3 rings (SSSR count). The van der Waals surface area contributed by atoms with Gasteiger partial charge in [0.05, 0.1) is 12.6 Å². The van der Waals surface area contributed by atoms with Gasteiger partial charge in [-0.05, 0) is 71.8 Å². The molecule has 1 aromatic carbocycles. The summed E-state index contributed by atoms with van der Waals surface area (Å²) in [5.74, 6) is -1.77. The highest BCUT2D eigenvalue weighted by Gasteiger charge is 2.46. The summed E-state index contributed by atoms with van der Waals surface area (Å²) in [6, 6.07) is 6.75. The molecule has 0 bridgehead atoms. The van der Waals surface area contributed by atoms with Crippen LogP contribution in [0.5, 0.6) is 0 Å². The molecule has 232 valence electrons. The van der Waals surface area contributed by atoms with Crippen molar-refractivity contribution in [2.45, 2.75) is 103 Å². The van der Waals surface area contributed by atoms with Crippen molar-refractivity contribution >= 4 is 29.8 Å². The van der Waals surface area contributed by atoms with E-state index in [0.29, 0.717) is 45.2 Å². The van der Waals surface area contributed by atoms with Crippen LogP contribution >= 0.6 is 0 Å². The van der Waals surface area contributed by atoms with Crippen LogP contribution in [0.15, 0.2) is 30.3 Å². The molecule has 3 amide bonds. The third-order valence-electron chi connectivity index (χ3n) is 6.92. The average Bonchev–Trinajstić information content (AvgIpc) is 3.07. The SMILES string of the molecule is CCOC(=O)[C@H](CCCCNC(=O)OCc1ccccc1)N[C@H]1CCC(=O)N2CCC[C@@H](C(=O)OC(C)(C)C)N2C1=O. The second-order valence-electron chi connectivity index (χ2n) is 11.4. The zero-order valence-electron chi connectivity index (χ0n) is 25.1. The molecule has 0 spiro atoms. The number of carbonyl (C=O) groups is 5. The second kappa shape index (κ2) is 15.5. The normalized spacial score (nSPS) is 19.8. The molecule has 0 unspecified atom stereocenters. The van der Waals surface area contributed by atoms with Gasteiger partial charge in [-0.15, -0.1) is 0 Å². The highest BCUT2D eigenvalue weighted by molar-refractivity contribution is 5.92. The van der Waals surface area contributed by atoms with Gasteiger partial charge in [-0.1, -0.05) is 30.3 Å². The maximum absolute atomic E-state index is 13.8. The number of rotatable bonds is 12. The summed E-state index contributed by atoms with van der Waals surface area (Å²) in [4.78, 5) is 64.6. The van der Waals surface area contributed by atoms with Crippen LogP contribution < -0.4 is 10.6 Å². The van der Waals surface area contributed by atoms with E-state index < -0.39 is 47.7 Å². The van der Waals surface area contributed by atoms with Gasteiger partial charge in [0.1, 0.15) is 18.2 Å². The molecule has 1 aromatic rings. The first kappa shape index (κ1) is 32.8. The Morgan fingerprint density at radius 2 is 1.79 bits per heavy atom. The Kier molecular flexibility index (Phi) is 12.1. The summed E-state index contributed by atoms with van der Waals surface area (Å²) >= 11 is 0. The smallest absolute Gasteiger partial charge is 0.407 e. The number of amides is 3. The van der Waals surface area contributed by atoms with Gasteiger partial charge in [0.25, 0.3) is 5.91 Å². The van der Waals surface area contributed by atoms with Gasteiger partial charge in [0.2, 0.25) is 5.91 Å². The molecule has 2 fully saturated rings. The molecule has 0 aliphatic carbocycles. The van der Waals surface area contributed by atoms with Gasteiger partial charge in [-0.2, -0.15) is 0 Å². The number of alkyl carbamates (subject to hydrolysis) is 1. The summed E-state index contributed by atoms with van der Waals surface area (Å²) in [5.41, 5.74) is 0.133. The van der Waals surface area contributed by atoms with Crippen molar-refractivity contribution in [3.8, 4) is 0 Å². The van der Waals surface area contributed by atoms with E-state index in [0.717, 1.165) is 5.56 Å². The van der Waals surface area contributed by atoms with E-state index in [-0.39, 0.29) is 32.0 Å². The number of nitrogens with zero attached hydrogens (tertiary/aromatic N) is 2. The van der Waals surface area contributed by atoms with Crippen LogP contribution in [0.25, 0.3) is 0 Å². The zero-order chi connectivity index (χ0) is 30.7. The topological polar surface area (TPSA) is 144 Å². The molecule has 12 nitrogen and oxygen atoms in total. The minimum Gasteiger partial charge on any atom is -0.465 e. The van der Waals surface area contributed by atoms with E-state index in [1.807, 2.05) is 30.3 Å². The van der Waals surface area contributed by atoms with Gasteiger partial charge in [-0.3, -0.25) is 24.7 Å². The van der Waals surface area contributed by atoms with E-state index in [1.165, 1.54) is 10.0 Å². The Hall–Kier alpha value is -3.67. The third kappa shape index (κ3) is 9.71. The molecule has 2 aliphatic heterocycles. The molecule has 2 saturated heterocycles. The lowest BCUT2D eigenvalue weighted by molar-refractivity contribution is -0.188. The largest absolute Gasteiger partial charge is 0.465 e. The molecular formula is C30H44N4O8. The second-order valence-corrected chi connectivity index (χ2v) is 11.4. The zero-order valence-corrected chi connectivity index (χ0v) is 25.1. The molecule has 2 heterocycles. The standard InChI is InChI=1S/C30H44N4O8/c1-5-40-27(37)23(14-9-10-18-31-29(39)41-20-21-12-7-6-8-13-21)32-22-16-17-25(35)33-19-11-15-24(34(33)26(22)36)28(38)42-30(2,3)4/h6-8,12-13,22-24,32H,5,9-11,14-20H2,1-4H3,(H,31,39)/t22-,23-,24-/m0/s1. The molecule has 3 atom stereocenters. The average molecular weight is 589 g/mol. The molecule has 0 radical (unpaired) electrons. The fourth-order valence-electron chi connectivity index (χ4n) is 4.97. The number of ether oxygens (including phenoxy) is 3. The van der Waals surface area contributed by atoms with Gasteiger partial charge in [0.15, 0.2) is 6.04 Å². The number of esters is 2. The summed E-state index contributed by atoms with van der Waals surface area (Å²) < 4.78 is 16.0. The number of nitrogens with one attached hydrogen (secondary N) is 2. The number of fused-ring (bicyclic) bond motifs is 1. The van der Waals surface area contributed by atoms with Crippen molar-refractivity contribution in [3.63, 3.8) is 0 Å². The van der Waals surface area contributed by atoms with E-state index in [4.69, 9.17) is 14.2 Å². The lowest BCUT2D eigenvalue weighted by Crippen LogP contribution is -2.63. The van der Waals surface area contributed by atoms with Crippen LogP contribution in [0.1, 0.15) is 78.2 Å². The third-order valence-corrected chi connectivity index (χ3v) is 6.92. The van der Waals surface area contributed by atoms with Gasteiger partial charge in [-0.25, -0.2) is 14.6 Å². The number of hydrazine groups is 1. The number of carbonyl (C=O) groups excluding carboxylic acids is 5. The molecule has 0 aromatic heterocycles. The predicted octanol–water partition coefficient (Wildman–Crippen LogP) is 2.84. The Balaban J connectivity index is 1.58. The molecular weight excluding hydrogens is 544 g/mol. The Morgan fingerprint density at radius 1 is 1.05 bits per heavy atom. The van der Waals surface area contributed by atoms with Crippen LogP contribution in [0, 0.1) is 0 Å². The fraction of sp³-hybridized carbons (Fsp3) is 0.633. The van der Waals surface area contributed by atoms with Crippen molar-refractivity contribution in [1.29, 1.82) is 0 Å². The van der Waals surface area contributed by atoms with Gasteiger partial charge in [0, 0.05) is 19.5 Å². The van der Waals surface area contributed by atoms with Crippen molar-refractivity contribution in [3.05, 3.63) is 35.9 Å². The Bertz CT molecular complexity index is 1090. The van der Waals surface area contributed by atoms with Crippen molar-refractivity contribution in [2.24, 2.45) is 0 Å².